The Balaban J connectivity index is 2.35. The average Bonchev–Trinajstić information content (AvgIpc) is 2.46. The molecule has 2 heterocycles. The normalized spacial score (nSPS) is 10.8. The molecule has 0 spiro atoms. The van der Waals surface area contributed by atoms with Gasteiger partial charge in [-0.15, -0.1) is 0 Å². The first-order valence-electron chi connectivity index (χ1n) is 6.16. The lowest BCUT2D eigenvalue weighted by Gasteiger charge is -2.09. The number of amides is 1. The number of rotatable bonds is 3. The van der Waals surface area contributed by atoms with Gasteiger partial charge in [-0.3, -0.25) is 4.79 Å². The fraction of sp³-hybridized carbons (Fsp3) is 0.143. The summed E-state index contributed by atoms with van der Waals surface area (Å²) in [5.74, 6) is -0.530. The maximum absolute atomic E-state index is 12.2. The molecule has 0 radical (unpaired) electrons. The molecule has 2 aromatic heterocycles. The molecule has 0 unspecified atom stereocenters. The monoisotopic (exact) mass is 316 g/mol. The smallest absolute Gasteiger partial charge is 0.257 e. The molecule has 0 atom stereocenters. The van der Waals surface area contributed by atoms with E-state index in [4.69, 9.17) is 5.26 Å². The van der Waals surface area contributed by atoms with Gasteiger partial charge in [-0.25, -0.2) is 18.4 Å². The minimum absolute atomic E-state index is 0.0945. The Labute approximate surface area is 127 Å². The first-order valence-corrected chi connectivity index (χ1v) is 8.05. The van der Waals surface area contributed by atoms with Gasteiger partial charge < -0.3 is 5.32 Å². The van der Waals surface area contributed by atoms with Crippen molar-refractivity contribution in [2.75, 3.05) is 11.6 Å². The Bertz CT molecular complexity index is 885. The number of nitriles is 1. The highest BCUT2D eigenvalue weighted by molar-refractivity contribution is 7.90. The van der Waals surface area contributed by atoms with E-state index >= 15 is 0 Å². The molecule has 1 N–H and O–H groups in total. The van der Waals surface area contributed by atoms with Gasteiger partial charge >= 0.3 is 0 Å². The van der Waals surface area contributed by atoms with E-state index in [1.54, 1.807) is 6.92 Å². The van der Waals surface area contributed by atoms with Gasteiger partial charge in [-0.1, -0.05) is 0 Å². The summed E-state index contributed by atoms with van der Waals surface area (Å²) in [5, 5.41) is 11.1. The number of carbonyl (C=O) groups is 1. The highest BCUT2D eigenvalue weighted by Gasteiger charge is 2.17. The van der Waals surface area contributed by atoms with Gasteiger partial charge in [-0.05, 0) is 30.7 Å². The van der Waals surface area contributed by atoms with Crippen molar-refractivity contribution in [3.05, 3.63) is 47.4 Å². The third kappa shape index (κ3) is 3.27. The summed E-state index contributed by atoms with van der Waals surface area (Å²) >= 11 is 0. The van der Waals surface area contributed by atoms with E-state index in [0.717, 1.165) is 6.26 Å². The second-order valence-corrected chi connectivity index (χ2v) is 6.51. The number of aromatic nitrogens is 2. The predicted octanol–water partition coefficient (Wildman–Crippen LogP) is 1.31. The van der Waals surface area contributed by atoms with Crippen molar-refractivity contribution in [1.82, 2.24) is 9.97 Å². The zero-order valence-electron chi connectivity index (χ0n) is 11.9. The van der Waals surface area contributed by atoms with E-state index in [1.165, 1.54) is 30.6 Å². The summed E-state index contributed by atoms with van der Waals surface area (Å²) in [6.45, 7) is 1.66. The lowest BCUT2D eigenvalue weighted by atomic mass is 10.1. The van der Waals surface area contributed by atoms with Crippen LogP contribution in [-0.4, -0.2) is 30.5 Å². The highest BCUT2D eigenvalue weighted by atomic mass is 32.2. The summed E-state index contributed by atoms with van der Waals surface area (Å²) in [6, 6.07) is 6.39. The molecule has 0 aliphatic heterocycles. The van der Waals surface area contributed by atoms with Crippen molar-refractivity contribution in [1.29, 1.82) is 5.26 Å². The SMILES string of the molecule is Cc1cc(C(=O)Nc2cccnc2S(C)(=O)=O)cnc1C#N. The molecule has 0 aliphatic rings. The number of carbonyl (C=O) groups excluding carboxylic acids is 1. The molecule has 0 saturated heterocycles. The summed E-state index contributed by atoms with van der Waals surface area (Å²) in [6.07, 6.45) is 3.61. The number of nitrogens with zero attached hydrogens (tertiary/aromatic N) is 3. The fourth-order valence-corrected chi connectivity index (χ4v) is 2.56. The molecule has 112 valence electrons. The van der Waals surface area contributed by atoms with Gasteiger partial charge in [0.05, 0.1) is 11.3 Å². The maximum Gasteiger partial charge on any atom is 0.257 e. The van der Waals surface area contributed by atoms with Crippen molar-refractivity contribution in [2.45, 2.75) is 11.9 Å². The summed E-state index contributed by atoms with van der Waals surface area (Å²) in [7, 11) is -3.56. The second kappa shape index (κ2) is 5.91. The third-order valence-corrected chi connectivity index (χ3v) is 3.84. The van der Waals surface area contributed by atoms with Gasteiger partial charge in [0.15, 0.2) is 14.9 Å². The number of sulfone groups is 1. The van der Waals surface area contributed by atoms with Crippen LogP contribution in [0.15, 0.2) is 35.6 Å². The number of anilines is 1. The first kappa shape index (κ1) is 15.6. The Hall–Kier alpha value is -2.79. The molecular weight excluding hydrogens is 304 g/mol. The van der Waals surface area contributed by atoms with Crippen LogP contribution in [0.4, 0.5) is 5.69 Å². The van der Waals surface area contributed by atoms with Gasteiger partial charge in [0.25, 0.3) is 5.91 Å². The summed E-state index contributed by atoms with van der Waals surface area (Å²) < 4.78 is 23.3. The highest BCUT2D eigenvalue weighted by Crippen LogP contribution is 2.19. The summed E-state index contributed by atoms with van der Waals surface area (Å²) in [4.78, 5) is 19.8. The van der Waals surface area contributed by atoms with Gasteiger partial charge in [0, 0.05) is 18.6 Å². The molecule has 22 heavy (non-hydrogen) atoms. The lowest BCUT2D eigenvalue weighted by Crippen LogP contribution is -2.16. The lowest BCUT2D eigenvalue weighted by molar-refractivity contribution is 0.102. The molecule has 0 aromatic carbocycles. The van der Waals surface area contributed by atoms with Crippen LogP contribution in [0, 0.1) is 18.3 Å². The fourth-order valence-electron chi connectivity index (χ4n) is 1.79. The van der Waals surface area contributed by atoms with Crippen LogP contribution >= 0.6 is 0 Å². The van der Waals surface area contributed by atoms with E-state index in [0.29, 0.717) is 5.56 Å². The van der Waals surface area contributed by atoms with Gasteiger partial charge in [0.2, 0.25) is 0 Å². The Morgan fingerprint density at radius 1 is 1.36 bits per heavy atom. The zero-order chi connectivity index (χ0) is 16.3. The first-order chi connectivity index (χ1) is 10.3. The molecule has 0 aliphatic carbocycles. The molecule has 2 aromatic rings. The molecule has 0 bridgehead atoms. The largest absolute Gasteiger partial charge is 0.319 e. The number of hydrogen-bond acceptors (Lipinski definition) is 6. The molecule has 7 nitrogen and oxygen atoms in total. The minimum Gasteiger partial charge on any atom is -0.319 e. The number of nitrogens with one attached hydrogen (secondary N) is 1. The molecular formula is C14H12N4O3S. The molecule has 8 heteroatoms. The Kier molecular flexibility index (Phi) is 4.19. The van der Waals surface area contributed by atoms with Crippen LogP contribution in [0.25, 0.3) is 0 Å². The summed E-state index contributed by atoms with van der Waals surface area (Å²) in [5.41, 5.74) is 1.11. The van der Waals surface area contributed by atoms with Crippen molar-refractivity contribution < 1.29 is 13.2 Å². The second-order valence-electron chi connectivity index (χ2n) is 4.58. The molecule has 1 amide bonds. The van der Waals surface area contributed by atoms with Crippen LogP contribution in [-0.2, 0) is 9.84 Å². The topological polar surface area (TPSA) is 113 Å². The van der Waals surface area contributed by atoms with E-state index < -0.39 is 15.7 Å². The average molecular weight is 316 g/mol. The quantitative estimate of drug-likeness (QED) is 0.913. The van der Waals surface area contributed by atoms with Gasteiger partial charge in [0.1, 0.15) is 11.8 Å². The Morgan fingerprint density at radius 3 is 2.68 bits per heavy atom. The molecule has 0 saturated carbocycles. The van der Waals surface area contributed by atoms with Crippen molar-refractivity contribution >= 4 is 21.4 Å². The van der Waals surface area contributed by atoms with Crippen molar-refractivity contribution in [2.24, 2.45) is 0 Å². The number of aryl methyl sites for hydroxylation is 1. The Morgan fingerprint density at radius 2 is 2.09 bits per heavy atom. The van der Waals surface area contributed by atoms with Crippen LogP contribution in [0.1, 0.15) is 21.6 Å². The number of pyridine rings is 2. The van der Waals surface area contributed by atoms with E-state index in [1.807, 2.05) is 6.07 Å². The van der Waals surface area contributed by atoms with Crippen LogP contribution in [0.3, 0.4) is 0 Å². The molecule has 2 rings (SSSR count). The molecule has 0 fully saturated rings. The number of hydrogen-bond donors (Lipinski definition) is 1. The third-order valence-electron chi connectivity index (χ3n) is 2.82. The van der Waals surface area contributed by atoms with E-state index in [-0.39, 0.29) is 22.0 Å². The van der Waals surface area contributed by atoms with Crippen LogP contribution < -0.4 is 5.32 Å². The minimum atomic E-state index is -3.56. The standard InChI is InChI=1S/C14H12N4O3S/c1-9-6-10(8-17-12(9)7-15)13(19)18-11-4-3-5-16-14(11)22(2,20)21/h3-6,8H,1-2H3,(H,18,19). The zero-order valence-corrected chi connectivity index (χ0v) is 12.7. The van der Waals surface area contributed by atoms with Crippen molar-refractivity contribution in [3.63, 3.8) is 0 Å². The van der Waals surface area contributed by atoms with Crippen molar-refractivity contribution in [3.8, 4) is 6.07 Å². The van der Waals surface area contributed by atoms with Crippen LogP contribution in [0.2, 0.25) is 0 Å². The van der Waals surface area contributed by atoms with Gasteiger partial charge in [-0.2, -0.15) is 5.26 Å². The van der Waals surface area contributed by atoms with E-state index in [9.17, 15) is 13.2 Å². The maximum atomic E-state index is 12.2. The van der Waals surface area contributed by atoms with E-state index in [2.05, 4.69) is 15.3 Å². The predicted molar refractivity (Wildman–Crippen MR) is 79.0 cm³/mol. The van der Waals surface area contributed by atoms with Crippen LogP contribution in [0.5, 0.6) is 0 Å².